The van der Waals surface area contributed by atoms with Gasteiger partial charge in [0.25, 0.3) is 5.91 Å². The van der Waals surface area contributed by atoms with Crippen LogP contribution in [0.1, 0.15) is 22.6 Å². The van der Waals surface area contributed by atoms with Crippen molar-refractivity contribution in [1.82, 2.24) is 19.5 Å². The number of H-pyrrole nitrogens is 1. The summed E-state index contributed by atoms with van der Waals surface area (Å²) >= 11 is 0. The number of fused-ring (bicyclic) bond motifs is 2. The Balaban J connectivity index is 1.36. The van der Waals surface area contributed by atoms with Crippen molar-refractivity contribution in [3.05, 3.63) is 66.4 Å². The van der Waals surface area contributed by atoms with Gasteiger partial charge < -0.3 is 14.9 Å². The molecular formula is C20H17N5O. The van der Waals surface area contributed by atoms with Crippen molar-refractivity contribution in [3.63, 3.8) is 0 Å². The molecule has 26 heavy (non-hydrogen) atoms. The Labute approximate surface area is 149 Å². The number of amides is 1. The average Bonchev–Trinajstić information content (AvgIpc) is 3.38. The van der Waals surface area contributed by atoms with Gasteiger partial charge in [0.05, 0.1) is 29.3 Å². The number of aromatic nitrogens is 4. The number of nitrogens with one attached hydrogen (secondary N) is 2. The summed E-state index contributed by atoms with van der Waals surface area (Å²) in [5, 5.41) is 2.94. The number of aryl methyl sites for hydroxylation is 1. The minimum Gasteiger partial charge on any atom is -0.345 e. The number of nitrogens with zero attached hydrogens (tertiary/aromatic N) is 3. The molecule has 0 atom stereocenters. The molecule has 0 saturated carbocycles. The lowest BCUT2D eigenvalue weighted by Crippen LogP contribution is -2.11. The summed E-state index contributed by atoms with van der Waals surface area (Å²) in [6, 6.07) is 13.3. The largest absolute Gasteiger partial charge is 0.345 e. The van der Waals surface area contributed by atoms with Crippen LogP contribution in [0.3, 0.4) is 0 Å². The normalized spacial score (nSPS) is 13.1. The number of hydrogen-bond donors (Lipinski definition) is 2. The first-order chi connectivity index (χ1) is 12.8. The van der Waals surface area contributed by atoms with Crippen LogP contribution in [0.5, 0.6) is 0 Å². The SMILES string of the molecule is O=C(Nc1ccc(-c2cnc3n2CCC3)cc1)c1ccc2nc[nH]c2c1. The summed E-state index contributed by atoms with van der Waals surface area (Å²) in [7, 11) is 0. The molecule has 0 fully saturated rings. The molecule has 6 heteroatoms. The summed E-state index contributed by atoms with van der Waals surface area (Å²) in [6.07, 6.45) is 5.76. The summed E-state index contributed by atoms with van der Waals surface area (Å²) in [5.41, 5.74) is 5.31. The molecule has 5 rings (SSSR count). The van der Waals surface area contributed by atoms with Gasteiger partial charge in [-0.3, -0.25) is 4.79 Å². The monoisotopic (exact) mass is 343 g/mol. The van der Waals surface area contributed by atoms with Crippen LogP contribution in [0.2, 0.25) is 0 Å². The van der Waals surface area contributed by atoms with E-state index < -0.39 is 0 Å². The zero-order valence-electron chi connectivity index (χ0n) is 14.1. The first kappa shape index (κ1) is 14.9. The summed E-state index contributed by atoms with van der Waals surface area (Å²) in [4.78, 5) is 24.2. The van der Waals surface area contributed by atoms with Crippen LogP contribution in [-0.2, 0) is 13.0 Å². The predicted octanol–water partition coefficient (Wildman–Crippen LogP) is 3.62. The number of benzene rings is 2. The zero-order valence-corrected chi connectivity index (χ0v) is 14.1. The quantitative estimate of drug-likeness (QED) is 0.596. The predicted molar refractivity (Wildman–Crippen MR) is 100 cm³/mol. The highest BCUT2D eigenvalue weighted by atomic mass is 16.1. The summed E-state index contributed by atoms with van der Waals surface area (Å²) < 4.78 is 2.27. The van der Waals surface area contributed by atoms with Gasteiger partial charge in [0, 0.05) is 24.2 Å². The molecule has 1 amide bonds. The summed E-state index contributed by atoms with van der Waals surface area (Å²) in [5.74, 6) is 1.02. The zero-order chi connectivity index (χ0) is 17.5. The Morgan fingerprint density at radius 1 is 1.12 bits per heavy atom. The molecule has 0 spiro atoms. The number of carbonyl (C=O) groups excluding carboxylic acids is 1. The topological polar surface area (TPSA) is 75.6 Å². The van der Waals surface area contributed by atoms with Crippen molar-refractivity contribution in [3.8, 4) is 11.3 Å². The highest BCUT2D eigenvalue weighted by Gasteiger charge is 2.16. The van der Waals surface area contributed by atoms with E-state index in [9.17, 15) is 4.79 Å². The molecule has 2 N–H and O–H groups in total. The van der Waals surface area contributed by atoms with E-state index in [2.05, 4.69) is 24.8 Å². The van der Waals surface area contributed by atoms with Crippen LogP contribution in [0.15, 0.2) is 55.0 Å². The van der Waals surface area contributed by atoms with Gasteiger partial charge >= 0.3 is 0 Å². The van der Waals surface area contributed by atoms with Crippen LogP contribution in [0.25, 0.3) is 22.3 Å². The van der Waals surface area contributed by atoms with Gasteiger partial charge in [-0.05, 0) is 42.3 Å². The van der Waals surface area contributed by atoms with Gasteiger partial charge in [0.2, 0.25) is 0 Å². The van der Waals surface area contributed by atoms with Crippen LogP contribution in [-0.4, -0.2) is 25.4 Å². The van der Waals surface area contributed by atoms with E-state index in [-0.39, 0.29) is 5.91 Å². The third-order valence-electron chi connectivity index (χ3n) is 4.84. The van der Waals surface area contributed by atoms with E-state index in [4.69, 9.17) is 0 Å². The fourth-order valence-electron chi connectivity index (χ4n) is 3.49. The fourth-order valence-corrected chi connectivity index (χ4v) is 3.49. The van der Waals surface area contributed by atoms with Crippen molar-refractivity contribution >= 4 is 22.6 Å². The third-order valence-corrected chi connectivity index (χ3v) is 4.84. The van der Waals surface area contributed by atoms with E-state index in [1.807, 2.05) is 42.6 Å². The molecule has 1 aliphatic heterocycles. The Morgan fingerprint density at radius 3 is 2.88 bits per heavy atom. The molecule has 0 bridgehead atoms. The van der Waals surface area contributed by atoms with E-state index in [1.165, 1.54) is 0 Å². The van der Waals surface area contributed by atoms with Crippen molar-refractivity contribution in [2.75, 3.05) is 5.32 Å². The van der Waals surface area contributed by atoms with E-state index >= 15 is 0 Å². The van der Waals surface area contributed by atoms with Gasteiger partial charge in [-0.15, -0.1) is 0 Å². The number of rotatable bonds is 3. The van der Waals surface area contributed by atoms with Gasteiger partial charge in [-0.2, -0.15) is 0 Å². The smallest absolute Gasteiger partial charge is 0.255 e. The lowest BCUT2D eigenvalue weighted by Gasteiger charge is -2.08. The molecule has 0 unspecified atom stereocenters. The van der Waals surface area contributed by atoms with Crippen LogP contribution in [0.4, 0.5) is 5.69 Å². The van der Waals surface area contributed by atoms with E-state index in [0.29, 0.717) is 5.56 Å². The van der Waals surface area contributed by atoms with Crippen molar-refractivity contribution < 1.29 is 4.79 Å². The molecule has 6 nitrogen and oxygen atoms in total. The lowest BCUT2D eigenvalue weighted by atomic mass is 10.1. The highest BCUT2D eigenvalue weighted by Crippen LogP contribution is 2.26. The highest BCUT2D eigenvalue weighted by molar-refractivity contribution is 6.05. The Morgan fingerprint density at radius 2 is 2.00 bits per heavy atom. The van der Waals surface area contributed by atoms with Gasteiger partial charge in [-0.25, -0.2) is 9.97 Å². The fraction of sp³-hybridized carbons (Fsp3) is 0.150. The molecule has 128 valence electrons. The average molecular weight is 343 g/mol. The van der Waals surface area contributed by atoms with Crippen molar-refractivity contribution in [2.45, 2.75) is 19.4 Å². The lowest BCUT2D eigenvalue weighted by molar-refractivity contribution is 0.102. The molecule has 0 radical (unpaired) electrons. The maximum absolute atomic E-state index is 12.5. The Kier molecular flexibility index (Phi) is 3.35. The number of imidazole rings is 2. The second-order valence-electron chi connectivity index (χ2n) is 6.48. The third kappa shape index (κ3) is 2.47. The molecule has 3 heterocycles. The molecular weight excluding hydrogens is 326 g/mol. The second-order valence-corrected chi connectivity index (χ2v) is 6.48. The number of hydrogen-bond acceptors (Lipinski definition) is 3. The van der Waals surface area contributed by atoms with Crippen LogP contribution in [0, 0.1) is 0 Å². The number of anilines is 1. The first-order valence-corrected chi connectivity index (χ1v) is 8.67. The van der Waals surface area contributed by atoms with E-state index in [1.54, 1.807) is 12.4 Å². The van der Waals surface area contributed by atoms with Gasteiger partial charge in [0.1, 0.15) is 5.82 Å². The molecule has 1 aliphatic rings. The van der Waals surface area contributed by atoms with Crippen molar-refractivity contribution in [1.29, 1.82) is 0 Å². The second kappa shape index (κ2) is 5.84. The minimum atomic E-state index is -0.139. The number of aromatic amines is 1. The molecule has 0 aliphatic carbocycles. The van der Waals surface area contributed by atoms with Gasteiger partial charge in [-0.1, -0.05) is 12.1 Å². The summed E-state index contributed by atoms with van der Waals surface area (Å²) in [6.45, 7) is 1.03. The standard InChI is InChI=1S/C20H17N5O/c26-20(14-5-8-16-17(10-14)23-12-22-16)24-15-6-3-13(4-7-15)18-11-21-19-2-1-9-25(18)19/h3-8,10-12H,1-2,9H2,(H,22,23)(H,24,26). The molecule has 0 saturated heterocycles. The van der Waals surface area contributed by atoms with Crippen LogP contribution < -0.4 is 5.32 Å². The Bertz CT molecular complexity index is 1110. The first-order valence-electron chi connectivity index (χ1n) is 8.67. The Hall–Kier alpha value is -3.41. The maximum Gasteiger partial charge on any atom is 0.255 e. The molecule has 2 aromatic heterocycles. The molecule has 2 aromatic carbocycles. The maximum atomic E-state index is 12.5. The van der Waals surface area contributed by atoms with Gasteiger partial charge in [0.15, 0.2) is 0 Å². The van der Waals surface area contributed by atoms with E-state index in [0.717, 1.165) is 53.2 Å². The van der Waals surface area contributed by atoms with Crippen LogP contribution >= 0.6 is 0 Å². The molecule has 4 aromatic rings. The number of carbonyl (C=O) groups is 1. The van der Waals surface area contributed by atoms with Crippen molar-refractivity contribution in [2.24, 2.45) is 0 Å². The minimum absolute atomic E-state index is 0.139.